The van der Waals surface area contributed by atoms with Gasteiger partial charge in [-0.15, -0.1) is 0 Å². The van der Waals surface area contributed by atoms with Crippen molar-refractivity contribution < 1.29 is 23.4 Å². The van der Waals surface area contributed by atoms with Gasteiger partial charge in [0.05, 0.1) is 32.2 Å². The zero-order valence-electron chi connectivity index (χ0n) is 13.4. The summed E-state index contributed by atoms with van der Waals surface area (Å²) in [5.74, 6) is -0.153. The lowest BCUT2D eigenvalue weighted by atomic mass is 9.80. The molecular formula is C17H21FN2O4. The summed E-state index contributed by atoms with van der Waals surface area (Å²) < 4.78 is 30.4. The highest BCUT2D eigenvalue weighted by molar-refractivity contribution is 5.80. The number of rotatable bonds is 4. The van der Waals surface area contributed by atoms with E-state index in [0.29, 0.717) is 39.5 Å². The van der Waals surface area contributed by atoms with Gasteiger partial charge in [0.1, 0.15) is 5.60 Å². The van der Waals surface area contributed by atoms with E-state index in [4.69, 9.17) is 14.2 Å². The maximum Gasteiger partial charge on any atom is 0.250 e. The van der Waals surface area contributed by atoms with Crippen LogP contribution in [0.25, 0.3) is 0 Å². The second kappa shape index (κ2) is 6.29. The molecule has 7 heteroatoms. The molecule has 1 amide bonds. The highest BCUT2D eigenvalue weighted by Crippen LogP contribution is 2.41. The summed E-state index contributed by atoms with van der Waals surface area (Å²) in [6.45, 7) is 3.35. The molecule has 0 aromatic carbocycles. The first-order valence-corrected chi connectivity index (χ1v) is 8.42. The zero-order valence-corrected chi connectivity index (χ0v) is 13.4. The fraction of sp³-hybridized carbons (Fsp3) is 0.647. The molecule has 4 heterocycles. The molecule has 4 rings (SSSR count). The van der Waals surface area contributed by atoms with Crippen LogP contribution in [0, 0.1) is 17.7 Å². The van der Waals surface area contributed by atoms with Crippen LogP contribution in [0.3, 0.4) is 0 Å². The quantitative estimate of drug-likeness (QED) is 0.828. The molecule has 1 spiro atoms. The summed E-state index contributed by atoms with van der Waals surface area (Å²) in [4.78, 5) is 18.2. The van der Waals surface area contributed by atoms with E-state index in [1.807, 2.05) is 4.90 Å². The molecule has 6 nitrogen and oxygen atoms in total. The summed E-state index contributed by atoms with van der Waals surface area (Å²) in [6, 6.07) is 2.86. The number of nitrogens with zero attached hydrogens (tertiary/aromatic N) is 2. The molecule has 1 aromatic rings. The summed E-state index contributed by atoms with van der Waals surface area (Å²) >= 11 is 0. The van der Waals surface area contributed by atoms with Crippen molar-refractivity contribution in [2.24, 2.45) is 11.8 Å². The second-order valence-corrected chi connectivity index (χ2v) is 6.76. The lowest BCUT2D eigenvalue weighted by Gasteiger charge is -2.50. The fourth-order valence-electron chi connectivity index (χ4n) is 3.77. The van der Waals surface area contributed by atoms with Gasteiger partial charge in [-0.3, -0.25) is 4.79 Å². The van der Waals surface area contributed by atoms with E-state index in [0.717, 1.165) is 12.8 Å². The summed E-state index contributed by atoms with van der Waals surface area (Å²) in [6.07, 6.45) is 3.16. The molecule has 0 bridgehead atoms. The number of carbonyl (C=O) groups is 1. The van der Waals surface area contributed by atoms with Crippen LogP contribution in [-0.2, 0) is 14.3 Å². The van der Waals surface area contributed by atoms with Gasteiger partial charge in [0.15, 0.2) is 5.82 Å². The number of carbonyl (C=O) groups excluding carboxylic acids is 1. The lowest BCUT2D eigenvalue weighted by Crippen LogP contribution is -2.67. The van der Waals surface area contributed by atoms with Gasteiger partial charge in [0, 0.05) is 25.3 Å². The Hall–Kier alpha value is -1.73. The van der Waals surface area contributed by atoms with Crippen LogP contribution in [0.4, 0.5) is 4.39 Å². The highest BCUT2D eigenvalue weighted by atomic mass is 19.1. The van der Waals surface area contributed by atoms with Crippen molar-refractivity contribution in [3.63, 3.8) is 0 Å². The Bertz CT molecular complexity index is 614. The van der Waals surface area contributed by atoms with Crippen molar-refractivity contribution in [3.05, 3.63) is 24.1 Å². The fourth-order valence-corrected chi connectivity index (χ4v) is 3.77. The smallest absolute Gasteiger partial charge is 0.250 e. The van der Waals surface area contributed by atoms with Gasteiger partial charge >= 0.3 is 0 Å². The third-order valence-electron chi connectivity index (χ3n) is 5.25. The molecule has 3 fully saturated rings. The normalized spacial score (nSPS) is 28.1. The van der Waals surface area contributed by atoms with E-state index in [-0.39, 0.29) is 29.2 Å². The SMILES string of the molecule is O=C([C@@H]1CCOC1)N1CC2(C1)OCC[C@H]2COc1ncccc1F. The first-order valence-electron chi connectivity index (χ1n) is 8.42. The Morgan fingerprint density at radius 2 is 2.29 bits per heavy atom. The third-order valence-corrected chi connectivity index (χ3v) is 5.25. The Balaban J connectivity index is 1.34. The van der Waals surface area contributed by atoms with E-state index in [2.05, 4.69) is 4.98 Å². The van der Waals surface area contributed by atoms with Gasteiger partial charge < -0.3 is 19.1 Å². The average Bonchev–Trinajstić information content (AvgIpc) is 3.21. The molecule has 0 aliphatic carbocycles. The number of aromatic nitrogens is 1. The first-order chi connectivity index (χ1) is 11.7. The maximum absolute atomic E-state index is 13.6. The number of ether oxygens (including phenoxy) is 3. The van der Waals surface area contributed by atoms with E-state index in [1.165, 1.54) is 18.3 Å². The zero-order chi connectivity index (χ0) is 16.6. The summed E-state index contributed by atoms with van der Waals surface area (Å²) in [7, 11) is 0. The van der Waals surface area contributed by atoms with Gasteiger partial charge in [-0.25, -0.2) is 9.37 Å². The van der Waals surface area contributed by atoms with Crippen LogP contribution in [0.1, 0.15) is 12.8 Å². The number of hydrogen-bond donors (Lipinski definition) is 0. The molecule has 3 saturated heterocycles. The van der Waals surface area contributed by atoms with Crippen LogP contribution in [0.5, 0.6) is 5.88 Å². The minimum atomic E-state index is -0.461. The van der Waals surface area contributed by atoms with E-state index < -0.39 is 5.82 Å². The minimum Gasteiger partial charge on any atom is -0.475 e. The van der Waals surface area contributed by atoms with Gasteiger partial charge in [0.2, 0.25) is 11.8 Å². The number of likely N-dealkylation sites (tertiary alicyclic amines) is 1. The van der Waals surface area contributed by atoms with Gasteiger partial charge in [-0.2, -0.15) is 0 Å². The molecule has 130 valence electrons. The van der Waals surface area contributed by atoms with E-state index in [1.54, 1.807) is 0 Å². The average molecular weight is 336 g/mol. The number of amides is 1. The van der Waals surface area contributed by atoms with Crippen LogP contribution >= 0.6 is 0 Å². The van der Waals surface area contributed by atoms with Gasteiger partial charge in [0.25, 0.3) is 0 Å². The van der Waals surface area contributed by atoms with Crippen molar-refractivity contribution in [2.45, 2.75) is 18.4 Å². The molecule has 0 saturated carbocycles. The number of halogens is 1. The Kier molecular flexibility index (Phi) is 4.14. The molecular weight excluding hydrogens is 315 g/mol. The third kappa shape index (κ3) is 2.75. The predicted octanol–water partition coefficient (Wildman–Crippen LogP) is 1.25. The Morgan fingerprint density at radius 1 is 1.42 bits per heavy atom. The highest BCUT2D eigenvalue weighted by Gasteiger charge is 2.55. The first kappa shape index (κ1) is 15.8. The topological polar surface area (TPSA) is 60.9 Å². The van der Waals surface area contributed by atoms with E-state index >= 15 is 0 Å². The largest absolute Gasteiger partial charge is 0.475 e. The van der Waals surface area contributed by atoms with Crippen molar-refractivity contribution in [3.8, 4) is 5.88 Å². The molecule has 0 radical (unpaired) electrons. The Morgan fingerprint density at radius 3 is 3.04 bits per heavy atom. The molecule has 2 atom stereocenters. The van der Waals surface area contributed by atoms with Crippen LogP contribution in [-0.4, -0.2) is 60.9 Å². The molecule has 0 N–H and O–H groups in total. The monoisotopic (exact) mass is 336 g/mol. The number of hydrogen-bond acceptors (Lipinski definition) is 5. The maximum atomic E-state index is 13.6. The van der Waals surface area contributed by atoms with Crippen LogP contribution in [0.2, 0.25) is 0 Å². The van der Waals surface area contributed by atoms with Crippen molar-refractivity contribution in [2.75, 3.05) is 39.5 Å². The van der Waals surface area contributed by atoms with Gasteiger partial charge in [-0.05, 0) is 25.0 Å². The molecule has 24 heavy (non-hydrogen) atoms. The Labute approximate surface area is 139 Å². The standard InChI is InChI=1S/C17H21FN2O4/c18-14-2-1-5-19-15(14)23-9-13-4-7-24-17(13)10-20(11-17)16(21)12-3-6-22-8-12/h1-2,5,12-13H,3-4,6-11H2/t12-,13+/m1/s1. The number of pyridine rings is 1. The lowest BCUT2D eigenvalue weighted by molar-refractivity contribution is -0.170. The van der Waals surface area contributed by atoms with E-state index in [9.17, 15) is 9.18 Å². The van der Waals surface area contributed by atoms with Crippen molar-refractivity contribution >= 4 is 5.91 Å². The van der Waals surface area contributed by atoms with Crippen molar-refractivity contribution in [1.82, 2.24) is 9.88 Å². The van der Waals surface area contributed by atoms with Gasteiger partial charge in [-0.1, -0.05) is 0 Å². The van der Waals surface area contributed by atoms with Crippen molar-refractivity contribution in [1.29, 1.82) is 0 Å². The second-order valence-electron chi connectivity index (χ2n) is 6.76. The molecule has 3 aliphatic heterocycles. The molecule has 3 aliphatic rings. The van der Waals surface area contributed by atoms with Crippen LogP contribution < -0.4 is 4.74 Å². The minimum absolute atomic E-state index is 0.0129. The molecule has 0 unspecified atom stereocenters. The predicted molar refractivity (Wildman–Crippen MR) is 82.0 cm³/mol. The van der Waals surface area contributed by atoms with Crippen LogP contribution in [0.15, 0.2) is 18.3 Å². The summed E-state index contributed by atoms with van der Waals surface area (Å²) in [5.41, 5.74) is -0.347. The summed E-state index contributed by atoms with van der Waals surface area (Å²) in [5, 5.41) is 0. The molecule has 1 aromatic heterocycles.